The molecule has 0 spiro atoms. The van der Waals surface area contributed by atoms with Crippen LogP contribution in [0.3, 0.4) is 0 Å². The summed E-state index contributed by atoms with van der Waals surface area (Å²) >= 11 is 0. The first-order valence-electron chi connectivity index (χ1n) is 4.88. The summed E-state index contributed by atoms with van der Waals surface area (Å²) in [6.07, 6.45) is 6.11. The van der Waals surface area contributed by atoms with Gasteiger partial charge in [0.15, 0.2) is 0 Å². The van der Waals surface area contributed by atoms with Crippen LogP contribution in [0.2, 0.25) is 0 Å². The Kier molecular flexibility index (Phi) is 3.96. The first kappa shape index (κ1) is 10.3. The van der Waals surface area contributed by atoms with Gasteiger partial charge in [0.25, 0.3) is 0 Å². The average Bonchev–Trinajstić information content (AvgIpc) is 2.52. The highest BCUT2D eigenvalue weighted by molar-refractivity contribution is 4.90. The number of rotatable bonds is 5. The zero-order chi connectivity index (χ0) is 9.68. The molecular formula is C10H18N2O. The number of hydrogen-bond donors (Lipinski definition) is 1. The maximum Gasteiger partial charge on any atom is 0.134 e. The van der Waals surface area contributed by atoms with E-state index in [-0.39, 0.29) is 6.61 Å². The number of aromatic nitrogens is 2. The van der Waals surface area contributed by atoms with Crippen LogP contribution in [0.1, 0.15) is 32.5 Å². The zero-order valence-electron chi connectivity index (χ0n) is 8.40. The van der Waals surface area contributed by atoms with Gasteiger partial charge in [0.05, 0.1) is 0 Å². The van der Waals surface area contributed by atoms with Gasteiger partial charge in [0, 0.05) is 18.9 Å². The second kappa shape index (κ2) is 5.02. The lowest BCUT2D eigenvalue weighted by Gasteiger charge is -2.12. The van der Waals surface area contributed by atoms with Crippen molar-refractivity contribution in [3.8, 4) is 0 Å². The molecular weight excluding hydrogens is 164 g/mol. The fourth-order valence-electron chi connectivity index (χ4n) is 1.58. The van der Waals surface area contributed by atoms with Crippen LogP contribution < -0.4 is 0 Å². The summed E-state index contributed by atoms with van der Waals surface area (Å²) < 4.78 is 2.03. The molecule has 0 bridgehead atoms. The molecule has 0 amide bonds. The van der Waals surface area contributed by atoms with Crippen molar-refractivity contribution in [1.82, 2.24) is 9.55 Å². The minimum atomic E-state index is 0.0336. The van der Waals surface area contributed by atoms with Crippen molar-refractivity contribution in [3.63, 3.8) is 0 Å². The van der Waals surface area contributed by atoms with Gasteiger partial charge in [-0.25, -0.2) is 4.98 Å². The van der Waals surface area contributed by atoms with E-state index in [0.717, 1.165) is 12.4 Å². The smallest absolute Gasteiger partial charge is 0.134 e. The Hall–Kier alpha value is -0.830. The maximum atomic E-state index is 8.97. The second-order valence-corrected chi connectivity index (χ2v) is 3.55. The predicted molar refractivity (Wildman–Crippen MR) is 52.2 cm³/mol. The fraction of sp³-hybridized carbons (Fsp3) is 0.700. The molecule has 1 N–H and O–H groups in total. The van der Waals surface area contributed by atoms with E-state index in [4.69, 9.17) is 5.11 Å². The van der Waals surface area contributed by atoms with Gasteiger partial charge in [-0.05, 0) is 12.3 Å². The van der Waals surface area contributed by atoms with E-state index in [1.165, 1.54) is 12.8 Å². The standard InChI is InChI=1S/C10H18N2O/c1-3-4-9(2)7-12-6-5-11-10(12)8-13/h5-6,9,13H,3-4,7-8H2,1-2H3. The number of aliphatic hydroxyl groups is 1. The van der Waals surface area contributed by atoms with Crippen LogP contribution in [0, 0.1) is 5.92 Å². The average molecular weight is 182 g/mol. The van der Waals surface area contributed by atoms with E-state index < -0.39 is 0 Å². The largest absolute Gasteiger partial charge is 0.388 e. The molecule has 0 saturated carbocycles. The molecule has 3 nitrogen and oxygen atoms in total. The molecule has 1 unspecified atom stereocenters. The Morgan fingerprint density at radius 2 is 2.38 bits per heavy atom. The molecule has 1 aromatic heterocycles. The van der Waals surface area contributed by atoms with E-state index in [2.05, 4.69) is 18.8 Å². The molecule has 1 atom stereocenters. The first-order valence-corrected chi connectivity index (χ1v) is 4.88. The maximum absolute atomic E-state index is 8.97. The molecule has 3 heteroatoms. The van der Waals surface area contributed by atoms with Crippen molar-refractivity contribution >= 4 is 0 Å². The molecule has 0 aliphatic rings. The SMILES string of the molecule is CCCC(C)Cn1ccnc1CO. The molecule has 1 aromatic rings. The molecule has 0 saturated heterocycles. The topological polar surface area (TPSA) is 38.0 Å². The Morgan fingerprint density at radius 3 is 3.00 bits per heavy atom. The number of hydrogen-bond acceptors (Lipinski definition) is 2. The Balaban J connectivity index is 2.52. The van der Waals surface area contributed by atoms with Crippen LogP contribution >= 0.6 is 0 Å². The number of nitrogens with zero attached hydrogens (tertiary/aromatic N) is 2. The second-order valence-electron chi connectivity index (χ2n) is 3.55. The summed E-state index contributed by atoms with van der Waals surface area (Å²) in [5, 5.41) is 8.97. The van der Waals surface area contributed by atoms with Crippen LogP contribution in [-0.4, -0.2) is 14.7 Å². The highest BCUT2D eigenvalue weighted by Crippen LogP contribution is 2.09. The summed E-state index contributed by atoms with van der Waals surface area (Å²) in [7, 11) is 0. The number of imidazole rings is 1. The van der Waals surface area contributed by atoms with E-state index in [0.29, 0.717) is 5.92 Å². The third-order valence-corrected chi connectivity index (χ3v) is 2.23. The van der Waals surface area contributed by atoms with E-state index >= 15 is 0 Å². The quantitative estimate of drug-likeness (QED) is 0.754. The van der Waals surface area contributed by atoms with Gasteiger partial charge in [-0.15, -0.1) is 0 Å². The lowest BCUT2D eigenvalue weighted by atomic mass is 10.1. The Bertz CT molecular complexity index is 245. The van der Waals surface area contributed by atoms with Gasteiger partial charge < -0.3 is 9.67 Å². The third kappa shape index (κ3) is 2.84. The van der Waals surface area contributed by atoms with Gasteiger partial charge in [-0.1, -0.05) is 20.3 Å². The molecule has 74 valence electrons. The molecule has 0 aliphatic heterocycles. The Morgan fingerprint density at radius 1 is 1.62 bits per heavy atom. The Labute approximate surface area is 79.4 Å². The van der Waals surface area contributed by atoms with Crippen LogP contribution in [0.15, 0.2) is 12.4 Å². The van der Waals surface area contributed by atoms with Gasteiger partial charge in [0.1, 0.15) is 12.4 Å². The molecule has 0 radical (unpaired) electrons. The lowest BCUT2D eigenvalue weighted by molar-refractivity contribution is 0.261. The summed E-state index contributed by atoms with van der Waals surface area (Å²) in [5.74, 6) is 1.42. The van der Waals surface area contributed by atoms with Crippen LogP contribution in [0.5, 0.6) is 0 Å². The molecule has 0 aromatic carbocycles. The van der Waals surface area contributed by atoms with Crippen LogP contribution in [0.25, 0.3) is 0 Å². The minimum absolute atomic E-state index is 0.0336. The van der Waals surface area contributed by atoms with Crippen molar-refractivity contribution < 1.29 is 5.11 Å². The van der Waals surface area contributed by atoms with Gasteiger partial charge >= 0.3 is 0 Å². The van der Waals surface area contributed by atoms with Crippen molar-refractivity contribution in [2.45, 2.75) is 39.8 Å². The zero-order valence-corrected chi connectivity index (χ0v) is 8.40. The molecule has 1 rings (SSSR count). The van der Waals surface area contributed by atoms with Crippen molar-refractivity contribution in [3.05, 3.63) is 18.2 Å². The van der Waals surface area contributed by atoms with Crippen LogP contribution in [0.4, 0.5) is 0 Å². The van der Waals surface area contributed by atoms with Gasteiger partial charge in [0.2, 0.25) is 0 Å². The monoisotopic (exact) mass is 182 g/mol. The minimum Gasteiger partial charge on any atom is -0.388 e. The lowest BCUT2D eigenvalue weighted by Crippen LogP contribution is -2.09. The number of aliphatic hydroxyl groups excluding tert-OH is 1. The third-order valence-electron chi connectivity index (χ3n) is 2.23. The molecule has 13 heavy (non-hydrogen) atoms. The van der Waals surface area contributed by atoms with Gasteiger partial charge in [-0.2, -0.15) is 0 Å². The van der Waals surface area contributed by atoms with E-state index in [1.54, 1.807) is 6.20 Å². The normalized spacial score (nSPS) is 13.2. The summed E-state index contributed by atoms with van der Waals surface area (Å²) in [6.45, 7) is 5.41. The van der Waals surface area contributed by atoms with E-state index in [9.17, 15) is 0 Å². The van der Waals surface area contributed by atoms with Crippen molar-refractivity contribution in [2.75, 3.05) is 0 Å². The summed E-state index contributed by atoms with van der Waals surface area (Å²) in [6, 6.07) is 0. The highest BCUT2D eigenvalue weighted by atomic mass is 16.3. The summed E-state index contributed by atoms with van der Waals surface area (Å²) in [4.78, 5) is 4.06. The molecule has 0 aliphatic carbocycles. The van der Waals surface area contributed by atoms with Gasteiger partial charge in [-0.3, -0.25) is 0 Å². The highest BCUT2D eigenvalue weighted by Gasteiger charge is 2.05. The summed E-state index contributed by atoms with van der Waals surface area (Å²) in [5.41, 5.74) is 0. The predicted octanol–water partition coefficient (Wildman–Crippen LogP) is 1.81. The van der Waals surface area contributed by atoms with Crippen LogP contribution in [-0.2, 0) is 13.2 Å². The first-order chi connectivity index (χ1) is 6.27. The molecule has 0 fully saturated rings. The fourth-order valence-corrected chi connectivity index (χ4v) is 1.58. The van der Waals surface area contributed by atoms with E-state index in [1.807, 2.05) is 10.8 Å². The van der Waals surface area contributed by atoms with Crippen molar-refractivity contribution in [1.29, 1.82) is 0 Å². The molecule has 1 heterocycles. The van der Waals surface area contributed by atoms with Crippen molar-refractivity contribution in [2.24, 2.45) is 5.92 Å².